The highest BCUT2D eigenvalue weighted by Gasteiger charge is 2.26. The van der Waals surface area contributed by atoms with Crippen LogP contribution in [0.3, 0.4) is 0 Å². The van der Waals surface area contributed by atoms with Gasteiger partial charge < -0.3 is 15.3 Å². The zero-order valence-electron chi connectivity index (χ0n) is 13.5. The molecular weight excluding hydrogens is 378 g/mol. The smallest absolute Gasteiger partial charge is 0.280 e. The van der Waals surface area contributed by atoms with Crippen molar-refractivity contribution < 1.29 is 15.3 Å². The summed E-state index contributed by atoms with van der Waals surface area (Å²) in [6.07, 6.45) is 1.28. The van der Waals surface area contributed by atoms with Gasteiger partial charge in [-0.25, -0.2) is 4.68 Å². The van der Waals surface area contributed by atoms with Crippen molar-refractivity contribution in [2.24, 2.45) is 4.99 Å². The zero-order valence-corrected chi connectivity index (χ0v) is 15.0. The van der Waals surface area contributed by atoms with Crippen LogP contribution in [0.2, 0.25) is 0 Å². The Bertz CT molecular complexity index is 798. The quantitative estimate of drug-likeness (QED) is 0.537. The van der Waals surface area contributed by atoms with Crippen molar-refractivity contribution in [1.29, 1.82) is 0 Å². The minimum Gasteiger partial charge on any atom is -0.394 e. The molecule has 0 saturated heterocycles. The number of H-pyrrole nitrogens is 1. The largest absolute Gasteiger partial charge is 0.394 e. The standard InChI is InChI=1S/C16H20BrN3O4/c1-10-5-12(17)3-4-14(10)20-15(24)13(11(2)19-20)6-18-16(7-21,8-22)9-23/h3-6,19,21-23H,7-9H2,1-2H3. The van der Waals surface area contributed by atoms with E-state index in [4.69, 9.17) is 0 Å². The van der Waals surface area contributed by atoms with E-state index < -0.39 is 25.4 Å². The van der Waals surface area contributed by atoms with Crippen LogP contribution < -0.4 is 5.56 Å². The predicted molar refractivity (Wildman–Crippen MR) is 95.1 cm³/mol. The van der Waals surface area contributed by atoms with Crippen LogP contribution in [0.25, 0.3) is 5.69 Å². The molecule has 130 valence electrons. The first-order valence-electron chi connectivity index (χ1n) is 7.33. The highest BCUT2D eigenvalue weighted by molar-refractivity contribution is 9.10. The molecule has 1 aromatic carbocycles. The van der Waals surface area contributed by atoms with Gasteiger partial charge in [-0.15, -0.1) is 0 Å². The van der Waals surface area contributed by atoms with Gasteiger partial charge in [-0.1, -0.05) is 15.9 Å². The lowest BCUT2D eigenvalue weighted by atomic mass is 10.1. The maximum absolute atomic E-state index is 12.7. The lowest BCUT2D eigenvalue weighted by Gasteiger charge is -2.21. The third-order valence-corrected chi connectivity index (χ3v) is 4.36. The number of aromatic nitrogens is 2. The lowest BCUT2D eigenvalue weighted by Crippen LogP contribution is -2.40. The molecule has 1 heterocycles. The topological polar surface area (TPSA) is 111 Å². The molecule has 24 heavy (non-hydrogen) atoms. The van der Waals surface area contributed by atoms with Gasteiger partial charge >= 0.3 is 0 Å². The molecule has 0 atom stereocenters. The van der Waals surface area contributed by atoms with Crippen molar-refractivity contribution in [1.82, 2.24) is 9.78 Å². The fourth-order valence-electron chi connectivity index (χ4n) is 2.22. The van der Waals surface area contributed by atoms with E-state index in [0.717, 1.165) is 10.0 Å². The molecule has 0 fully saturated rings. The Morgan fingerprint density at radius 2 is 1.88 bits per heavy atom. The lowest BCUT2D eigenvalue weighted by molar-refractivity contribution is 0.0718. The number of nitrogens with one attached hydrogen (secondary N) is 1. The molecule has 7 nitrogen and oxygen atoms in total. The minimum absolute atomic E-state index is 0.301. The van der Waals surface area contributed by atoms with E-state index >= 15 is 0 Å². The summed E-state index contributed by atoms with van der Waals surface area (Å²) in [6, 6.07) is 5.56. The summed E-state index contributed by atoms with van der Waals surface area (Å²) >= 11 is 3.39. The molecule has 2 aromatic rings. The summed E-state index contributed by atoms with van der Waals surface area (Å²) in [6.45, 7) is 2.04. The molecule has 0 aliphatic carbocycles. The predicted octanol–water partition coefficient (Wildman–Crippen LogP) is 0.680. The highest BCUT2D eigenvalue weighted by Crippen LogP contribution is 2.18. The number of benzene rings is 1. The third kappa shape index (κ3) is 3.51. The molecule has 0 aliphatic heterocycles. The molecule has 2 rings (SSSR count). The van der Waals surface area contributed by atoms with Crippen LogP contribution in [0.5, 0.6) is 0 Å². The molecule has 0 spiro atoms. The number of aromatic amines is 1. The fraction of sp³-hybridized carbons (Fsp3) is 0.375. The molecule has 0 saturated carbocycles. The molecule has 0 amide bonds. The average Bonchev–Trinajstić information content (AvgIpc) is 2.84. The van der Waals surface area contributed by atoms with Crippen LogP contribution in [0.15, 0.2) is 32.5 Å². The SMILES string of the molecule is Cc1cc(Br)ccc1-n1[nH]c(C)c(C=NC(CO)(CO)CO)c1=O. The summed E-state index contributed by atoms with van der Waals surface area (Å²) in [5.41, 5.74) is 0.805. The Hall–Kier alpha value is -1.74. The number of rotatable bonds is 6. The summed E-state index contributed by atoms with van der Waals surface area (Å²) in [4.78, 5) is 16.7. The van der Waals surface area contributed by atoms with Crippen LogP contribution in [0.1, 0.15) is 16.8 Å². The number of hydrogen-bond donors (Lipinski definition) is 4. The third-order valence-electron chi connectivity index (χ3n) is 3.87. The summed E-state index contributed by atoms with van der Waals surface area (Å²) in [7, 11) is 0. The van der Waals surface area contributed by atoms with Gasteiger partial charge in [0.2, 0.25) is 0 Å². The van der Waals surface area contributed by atoms with Crippen LogP contribution in [0, 0.1) is 13.8 Å². The Labute approximate surface area is 147 Å². The number of aliphatic imine (C=N–C) groups is 1. The molecule has 4 N–H and O–H groups in total. The summed E-state index contributed by atoms with van der Waals surface area (Å²) < 4.78 is 2.33. The van der Waals surface area contributed by atoms with Gasteiger partial charge in [0.1, 0.15) is 5.54 Å². The van der Waals surface area contributed by atoms with E-state index in [-0.39, 0.29) is 5.56 Å². The number of aliphatic hydroxyl groups excluding tert-OH is 3. The van der Waals surface area contributed by atoms with Crippen molar-refractivity contribution >= 4 is 22.1 Å². The second-order valence-corrected chi connectivity index (χ2v) is 6.59. The highest BCUT2D eigenvalue weighted by atomic mass is 79.9. The molecule has 0 unspecified atom stereocenters. The fourth-order valence-corrected chi connectivity index (χ4v) is 2.70. The van der Waals surface area contributed by atoms with Crippen molar-refractivity contribution in [2.45, 2.75) is 19.4 Å². The number of hydrogen-bond acceptors (Lipinski definition) is 5. The Balaban J connectivity index is 2.49. The van der Waals surface area contributed by atoms with Crippen molar-refractivity contribution in [3.8, 4) is 5.69 Å². The number of halogens is 1. The van der Waals surface area contributed by atoms with Gasteiger partial charge in [-0.3, -0.25) is 14.9 Å². The summed E-state index contributed by atoms with van der Waals surface area (Å²) in [5, 5.41) is 30.9. The van der Waals surface area contributed by atoms with Crippen molar-refractivity contribution in [2.75, 3.05) is 19.8 Å². The van der Waals surface area contributed by atoms with Gasteiger partial charge in [0, 0.05) is 16.4 Å². The van der Waals surface area contributed by atoms with Gasteiger partial charge in [0.05, 0.1) is 31.1 Å². The van der Waals surface area contributed by atoms with Crippen LogP contribution in [0.4, 0.5) is 0 Å². The van der Waals surface area contributed by atoms with Gasteiger partial charge in [-0.2, -0.15) is 0 Å². The van der Waals surface area contributed by atoms with E-state index in [1.807, 2.05) is 25.1 Å². The van der Waals surface area contributed by atoms with Gasteiger partial charge in [0.15, 0.2) is 0 Å². The first-order chi connectivity index (χ1) is 11.4. The van der Waals surface area contributed by atoms with Crippen LogP contribution in [-0.2, 0) is 0 Å². The number of nitrogens with zero attached hydrogens (tertiary/aromatic N) is 2. The van der Waals surface area contributed by atoms with E-state index in [1.54, 1.807) is 6.92 Å². The average molecular weight is 398 g/mol. The maximum atomic E-state index is 12.7. The van der Waals surface area contributed by atoms with Gasteiger partial charge in [-0.05, 0) is 37.6 Å². The van der Waals surface area contributed by atoms with Crippen LogP contribution >= 0.6 is 15.9 Å². The normalized spacial score (nSPS) is 12.2. The summed E-state index contributed by atoms with van der Waals surface area (Å²) in [5.74, 6) is 0. The molecule has 8 heteroatoms. The monoisotopic (exact) mass is 397 g/mol. The minimum atomic E-state index is -1.41. The van der Waals surface area contributed by atoms with Gasteiger partial charge in [0.25, 0.3) is 5.56 Å². The molecule has 1 aromatic heterocycles. The second-order valence-electron chi connectivity index (χ2n) is 5.68. The second kappa shape index (κ2) is 7.43. The Morgan fingerprint density at radius 1 is 1.25 bits per heavy atom. The Kier molecular flexibility index (Phi) is 5.76. The van der Waals surface area contributed by atoms with E-state index in [2.05, 4.69) is 26.0 Å². The van der Waals surface area contributed by atoms with Crippen LogP contribution in [-0.4, -0.2) is 56.7 Å². The van der Waals surface area contributed by atoms with E-state index in [1.165, 1.54) is 10.9 Å². The van der Waals surface area contributed by atoms with Crippen molar-refractivity contribution in [3.05, 3.63) is 49.8 Å². The molecule has 0 bridgehead atoms. The number of aryl methyl sites for hydroxylation is 2. The first kappa shape index (κ1) is 18.6. The zero-order chi connectivity index (χ0) is 17.9. The van der Waals surface area contributed by atoms with Crippen molar-refractivity contribution in [3.63, 3.8) is 0 Å². The van der Waals surface area contributed by atoms with E-state index in [0.29, 0.717) is 16.9 Å². The number of aliphatic hydroxyl groups is 3. The maximum Gasteiger partial charge on any atom is 0.280 e. The first-order valence-corrected chi connectivity index (χ1v) is 8.12. The molecular formula is C16H20BrN3O4. The molecule has 0 aliphatic rings. The molecule has 0 radical (unpaired) electrons. The Morgan fingerprint density at radius 3 is 2.42 bits per heavy atom. The van der Waals surface area contributed by atoms with E-state index in [9.17, 15) is 20.1 Å².